The smallest absolute Gasteiger partial charge is 0.339 e. The topological polar surface area (TPSA) is 154 Å². The molecular formula is C31H28ClN3O9S. The van der Waals surface area contributed by atoms with E-state index in [2.05, 4.69) is 5.32 Å². The number of nitro benzene ring substituents is 1. The summed E-state index contributed by atoms with van der Waals surface area (Å²) in [7, 11) is 1.45. The van der Waals surface area contributed by atoms with Gasteiger partial charge in [-0.25, -0.2) is 4.79 Å². The number of esters is 1. The van der Waals surface area contributed by atoms with Gasteiger partial charge in [-0.2, -0.15) is 0 Å². The van der Waals surface area contributed by atoms with Crippen molar-refractivity contribution in [2.24, 2.45) is 0 Å². The van der Waals surface area contributed by atoms with Crippen molar-refractivity contribution in [3.05, 3.63) is 97.4 Å². The normalized spacial score (nSPS) is 13.6. The van der Waals surface area contributed by atoms with Gasteiger partial charge in [-0.15, -0.1) is 0 Å². The highest BCUT2D eigenvalue weighted by Gasteiger charge is 2.36. The number of imide groups is 1. The second-order valence-electron chi connectivity index (χ2n) is 9.62. The van der Waals surface area contributed by atoms with Gasteiger partial charge in [0, 0.05) is 17.8 Å². The molecule has 3 aromatic carbocycles. The number of hydrogen-bond acceptors (Lipinski definition) is 10. The van der Waals surface area contributed by atoms with Crippen LogP contribution in [0.2, 0.25) is 5.02 Å². The number of ether oxygens (including phenoxy) is 3. The summed E-state index contributed by atoms with van der Waals surface area (Å²) in [5, 5.41) is 13.0. The third-order valence-electron chi connectivity index (χ3n) is 6.40. The number of methoxy groups -OCH3 is 1. The van der Waals surface area contributed by atoms with Crippen LogP contribution in [0.1, 0.15) is 41.3 Å². The van der Waals surface area contributed by atoms with Gasteiger partial charge in [-0.3, -0.25) is 29.4 Å². The number of unbranched alkanes of at least 4 members (excludes halogenated alkanes) is 1. The molecule has 0 aliphatic carbocycles. The molecule has 1 saturated heterocycles. The molecule has 12 nitrogen and oxygen atoms in total. The van der Waals surface area contributed by atoms with Gasteiger partial charge in [-0.05, 0) is 77.9 Å². The average Bonchev–Trinajstić information content (AvgIpc) is 3.28. The van der Waals surface area contributed by atoms with Crippen LogP contribution in [0.3, 0.4) is 0 Å². The molecule has 14 heteroatoms. The standard InChI is InChI=1S/C31H28ClN3O9S/c1-3-4-13-43-30(38)23-16-21(8-11-24(23)32)33-28(36)17-34-29(37)27(45-31(34)39)15-20-7-12-25(26(14-20)42-2)44-18-19-5-9-22(10-6-19)35(40)41/h5-12,14-16H,3-4,13,17-18H2,1-2H3,(H,33,36)/b27-15+. The fourth-order valence-electron chi connectivity index (χ4n) is 4.05. The predicted octanol–water partition coefficient (Wildman–Crippen LogP) is 6.47. The number of thioether (sulfide) groups is 1. The predicted molar refractivity (Wildman–Crippen MR) is 168 cm³/mol. The summed E-state index contributed by atoms with van der Waals surface area (Å²) in [6.45, 7) is 1.79. The molecule has 0 bridgehead atoms. The van der Waals surface area contributed by atoms with Crippen molar-refractivity contribution in [2.45, 2.75) is 26.4 Å². The van der Waals surface area contributed by atoms with Gasteiger partial charge in [-0.1, -0.05) is 31.0 Å². The third-order valence-corrected chi connectivity index (χ3v) is 7.64. The second kappa shape index (κ2) is 15.2. The molecule has 3 aromatic rings. The maximum absolute atomic E-state index is 13.0. The zero-order chi connectivity index (χ0) is 32.5. The second-order valence-corrected chi connectivity index (χ2v) is 11.0. The molecular weight excluding hydrogens is 626 g/mol. The quantitative estimate of drug-likeness (QED) is 0.0714. The van der Waals surface area contributed by atoms with Gasteiger partial charge in [0.1, 0.15) is 13.2 Å². The van der Waals surface area contributed by atoms with Crippen molar-refractivity contribution in [1.29, 1.82) is 0 Å². The van der Waals surface area contributed by atoms with Crippen molar-refractivity contribution in [2.75, 3.05) is 25.6 Å². The first-order valence-electron chi connectivity index (χ1n) is 13.7. The first kappa shape index (κ1) is 33.0. The number of nitrogens with zero attached hydrogens (tertiary/aromatic N) is 2. The number of nitrogens with one attached hydrogen (secondary N) is 1. The molecule has 0 saturated carbocycles. The first-order valence-corrected chi connectivity index (χ1v) is 14.8. The van der Waals surface area contributed by atoms with Crippen LogP contribution in [-0.4, -0.2) is 53.1 Å². The Bertz CT molecular complexity index is 1660. The Hall–Kier alpha value is -4.88. The average molecular weight is 654 g/mol. The van der Waals surface area contributed by atoms with Gasteiger partial charge in [0.25, 0.3) is 16.8 Å². The van der Waals surface area contributed by atoms with Crippen LogP contribution in [0.15, 0.2) is 65.6 Å². The molecule has 1 fully saturated rings. The fraction of sp³-hybridized carbons (Fsp3) is 0.226. The van der Waals surface area contributed by atoms with E-state index in [1.165, 1.54) is 43.5 Å². The molecule has 3 amide bonds. The summed E-state index contributed by atoms with van der Waals surface area (Å²) in [5.74, 6) is -1.16. The number of hydrogen-bond donors (Lipinski definition) is 1. The minimum atomic E-state index is -0.651. The van der Waals surface area contributed by atoms with Crippen molar-refractivity contribution < 1.29 is 38.3 Å². The SMILES string of the molecule is CCCCOC(=O)c1cc(NC(=O)CN2C(=O)S/C(=C/c3ccc(OCc4ccc([N+](=O)[O-])cc4)c(OC)c3)C2=O)ccc1Cl. The first-order chi connectivity index (χ1) is 21.6. The largest absolute Gasteiger partial charge is 0.493 e. The number of non-ortho nitro benzene ring substituents is 1. The van der Waals surface area contributed by atoms with Crippen LogP contribution < -0.4 is 14.8 Å². The number of halogens is 1. The highest BCUT2D eigenvalue weighted by Crippen LogP contribution is 2.35. The molecule has 0 aromatic heterocycles. The van der Waals surface area contributed by atoms with E-state index in [0.29, 0.717) is 40.8 Å². The van der Waals surface area contributed by atoms with E-state index in [1.54, 1.807) is 30.3 Å². The lowest BCUT2D eigenvalue weighted by Crippen LogP contribution is -2.36. The van der Waals surface area contributed by atoms with Crippen LogP contribution >= 0.6 is 23.4 Å². The molecule has 1 N–H and O–H groups in total. The highest BCUT2D eigenvalue weighted by atomic mass is 35.5. The molecule has 234 valence electrons. The summed E-state index contributed by atoms with van der Waals surface area (Å²) in [5.41, 5.74) is 1.56. The lowest BCUT2D eigenvalue weighted by atomic mass is 10.1. The summed E-state index contributed by atoms with van der Waals surface area (Å²) < 4.78 is 16.4. The summed E-state index contributed by atoms with van der Waals surface area (Å²) in [4.78, 5) is 62.0. The molecule has 1 aliphatic rings. The van der Waals surface area contributed by atoms with E-state index in [0.717, 1.165) is 11.3 Å². The van der Waals surface area contributed by atoms with E-state index < -0.39 is 34.5 Å². The number of anilines is 1. The molecule has 1 aliphatic heterocycles. The number of carbonyl (C=O) groups excluding carboxylic acids is 4. The molecule has 0 spiro atoms. The maximum Gasteiger partial charge on any atom is 0.339 e. The molecule has 0 atom stereocenters. The van der Waals surface area contributed by atoms with E-state index in [-0.39, 0.29) is 40.1 Å². The molecule has 45 heavy (non-hydrogen) atoms. The van der Waals surface area contributed by atoms with Gasteiger partial charge < -0.3 is 19.5 Å². The summed E-state index contributed by atoms with van der Waals surface area (Å²) in [6, 6.07) is 15.2. The number of nitro groups is 1. The maximum atomic E-state index is 13.0. The van der Waals surface area contributed by atoms with Gasteiger partial charge in [0.05, 0.1) is 34.1 Å². The minimum Gasteiger partial charge on any atom is -0.493 e. The lowest BCUT2D eigenvalue weighted by molar-refractivity contribution is -0.384. The summed E-state index contributed by atoms with van der Waals surface area (Å²) >= 11 is 6.82. The van der Waals surface area contributed by atoms with Crippen LogP contribution in [-0.2, 0) is 20.9 Å². The zero-order valence-corrected chi connectivity index (χ0v) is 25.8. The molecule has 4 rings (SSSR count). The number of carbonyl (C=O) groups is 4. The minimum absolute atomic E-state index is 0.0254. The number of amides is 3. The fourth-order valence-corrected chi connectivity index (χ4v) is 5.08. The summed E-state index contributed by atoms with van der Waals surface area (Å²) in [6.07, 6.45) is 3.05. The van der Waals surface area contributed by atoms with E-state index in [1.807, 2.05) is 6.92 Å². The van der Waals surface area contributed by atoms with Crippen LogP contribution in [0.5, 0.6) is 11.5 Å². The van der Waals surface area contributed by atoms with E-state index >= 15 is 0 Å². The molecule has 1 heterocycles. The van der Waals surface area contributed by atoms with Crippen molar-refractivity contribution in [1.82, 2.24) is 4.90 Å². The zero-order valence-electron chi connectivity index (χ0n) is 24.2. The monoisotopic (exact) mass is 653 g/mol. The third kappa shape index (κ3) is 8.61. The Labute approximate surface area is 267 Å². The molecule has 0 radical (unpaired) electrons. The van der Waals surface area contributed by atoms with E-state index in [9.17, 15) is 29.3 Å². The Kier molecular flexibility index (Phi) is 11.2. The molecule has 0 unspecified atom stereocenters. The van der Waals surface area contributed by atoms with Crippen LogP contribution in [0, 0.1) is 10.1 Å². The van der Waals surface area contributed by atoms with Gasteiger partial charge in [0.2, 0.25) is 5.91 Å². The Balaban J connectivity index is 1.38. The number of rotatable bonds is 13. The van der Waals surface area contributed by atoms with Gasteiger partial charge >= 0.3 is 5.97 Å². The Morgan fingerprint density at radius 2 is 1.82 bits per heavy atom. The van der Waals surface area contributed by atoms with E-state index in [4.69, 9.17) is 25.8 Å². The van der Waals surface area contributed by atoms with Crippen LogP contribution in [0.25, 0.3) is 6.08 Å². The van der Waals surface area contributed by atoms with Crippen molar-refractivity contribution in [3.8, 4) is 11.5 Å². The Morgan fingerprint density at radius 3 is 2.51 bits per heavy atom. The van der Waals surface area contributed by atoms with Gasteiger partial charge in [0.15, 0.2) is 11.5 Å². The number of benzene rings is 3. The Morgan fingerprint density at radius 1 is 1.07 bits per heavy atom. The van der Waals surface area contributed by atoms with Crippen LogP contribution in [0.4, 0.5) is 16.2 Å². The lowest BCUT2D eigenvalue weighted by Gasteiger charge is -2.13. The van der Waals surface area contributed by atoms with Crippen molar-refractivity contribution >= 4 is 63.8 Å². The van der Waals surface area contributed by atoms with Crippen molar-refractivity contribution in [3.63, 3.8) is 0 Å². The highest BCUT2D eigenvalue weighted by molar-refractivity contribution is 8.18.